The van der Waals surface area contributed by atoms with E-state index < -0.39 is 0 Å². The highest BCUT2D eigenvalue weighted by molar-refractivity contribution is 7.16. The van der Waals surface area contributed by atoms with Gasteiger partial charge in [-0.1, -0.05) is 11.6 Å². The minimum atomic E-state index is 0.919. The van der Waals surface area contributed by atoms with Crippen LogP contribution in [0.15, 0.2) is 6.07 Å². The Balaban J connectivity index is 3.14. The first-order valence-corrected chi connectivity index (χ1v) is 3.62. The van der Waals surface area contributed by atoms with Gasteiger partial charge in [0.15, 0.2) is 0 Å². The highest BCUT2D eigenvalue weighted by Crippen LogP contribution is 2.25. The van der Waals surface area contributed by atoms with Crippen LogP contribution in [0.25, 0.3) is 0 Å². The maximum Gasteiger partial charge on any atom is 0.0960 e. The minimum absolute atomic E-state index is 0.919. The van der Waals surface area contributed by atoms with Crippen LogP contribution in [0.1, 0.15) is 10.4 Å². The second kappa shape index (κ2) is 2.08. The van der Waals surface area contributed by atoms with Gasteiger partial charge in [-0.3, -0.25) is 0 Å². The van der Waals surface area contributed by atoms with E-state index >= 15 is 0 Å². The van der Waals surface area contributed by atoms with Crippen molar-refractivity contribution in [3.05, 3.63) is 20.8 Å². The van der Waals surface area contributed by atoms with Gasteiger partial charge in [0.25, 0.3) is 0 Å². The Morgan fingerprint density at radius 3 is 2.25 bits per heavy atom. The summed E-state index contributed by atoms with van der Waals surface area (Å²) in [5.41, 5.74) is 1.19. The van der Waals surface area contributed by atoms with Crippen molar-refractivity contribution in [2.45, 2.75) is 13.8 Å². The number of rotatable bonds is 0. The monoisotopic (exact) mass is 146 g/mol. The van der Waals surface area contributed by atoms with E-state index in [-0.39, 0.29) is 0 Å². The zero-order valence-electron chi connectivity index (χ0n) is 4.86. The maximum absolute atomic E-state index is 5.75. The van der Waals surface area contributed by atoms with Crippen LogP contribution in [0.5, 0.6) is 0 Å². The van der Waals surface area contributed by atoms with Gasteiger partial charge < -0.3 is 0 Å². The third-order valence-electron chi connectivity index (χ3n) is 0.980. The van der Waals surface area contributed by atoms with Crippen LogP contribution in [0.4, 0.5) is 0 Å². The predicted octanol–water partition coefficient (Wildman–Crippen LogP) is 3.02. The molecule has 0 nitrogen and oxygen atoms in total. The van der Waals surface area contributed by atoms with Crippen LogP contribution < -0.4 is 0 Å². The largest absolute Gasteiger partial charge is 0.128 e. The summed E-state index contributed by atoms with van der Waals surface area (Å²) in [7, 11) is 0. The fraction of sp³-hybridized carbons (Fsp3) is 0.333. The van der Waals surface area contributed by atoms with E-state index in [0.717, 1.165) is 4.34 Å². The van der Waals surface area contributed by atoms with Crippen LogP contribution in [0, 0.1) is 13.8 Å². The number of thiophene rings is 1. The fourth-order valence-corrected chi connectivity index (χ4v) is 1.77. The van der Waals surface area contributed by atoms with Gasteiger partial charge in [-0.2, -0.15) is 0 Å². The Morgan fingerprint density at radius 1 is 1.50 bits per heavy atom. The van der Waals surface area contributed by atoms with Gasteiger partial charge in [-0.25, -0.2) is 0 Å². The van der Waals surface area contributed by atoms with E-state index in [1.807, 2.05) is 6.92 Å². The van der Waals surface area contributed by atoms with Crippen LogP contribution in [0.3, 0.4) is 0 Å². The topological polar surface area (TPSA) is 0 Å². The van der Waals surface area contributed by atoms with Crippen molar-refractivity contribution in [1.29, 1.82) is 0 Å². The molecule has 0 aliphatic heterocycles. The molecule has 1 aromatic heterocycles. The molecule has 0 radical (unpaired) electrons. The summed E-state index contributed by atoms with van der Waals surface area (Å²) in [6.07, 6.45) is 0. The van der Waals surface area contributed by atoms with Crippen LogP contribution >= 0.6 is 22.9 Å². The van der Waals surface area contributed by atoms with Gasteiger partial charge in [-0.05, 0) is 25.5 Å². The molecule has 0 aliphatic carbocycles. The molecule has 2 heteroatoms. The fourth-order valence-electron chi connectivity index (χ4n) is 0.613. The lowest BCUT2D eigenvalue weighted by Gasteiger charge is -1.76. The molecule has 0 saturated carbocycles. The Kier molecular flexibility index (Phi) is 1.59. The highest BCUT2D eigenvalue weighted by Gasteiger charge is 1.96. The molecule has 0 saturated heterocycles. The molecule has 0 bridgehead atoms. The van der Waals surface area contributed by atoms with Crippen molar-refractivity contribution >= 4 is 22.9 Å². The smallest absolute Gasteiger partial charge is 0.0960 e. The summed E-state index contributed by atoms with van der Waals surface area (Å²) in [6.45, 7) is 4.08. The quantitative estimate of drug-likeness (QED) is 0.528. The molecule has 1 rings (SSSR count). The van der Waals surface area contributed by atoms with Gasteiger partial charge in [0, 0.05) is 4.88 Å². The highest BCUT2D eigenvalue weighted by atomic mass is 35.5. The SMILES string of the molecule is Cc1cc(C)c(Cl)s1. The lowest BCUT2D eigenvalue weighted by atomic mass is 10.4. The molecule has 0 amide bonds. The van der Waals surface area contributed by atoms with Crippen molar-refractivity contribution in [2.24, 2.45) is 0 Å². The molecule has 44 valence electrons. The summed E-state index contributed by atoms with van der Waals surface area (Å²) in [5, 5.41) is 0. The van der Waals surface area contributed by atoms with Gasteiger partial charge in [0.2, 0.25) is 0 Å². The molecule has 0 unspecified atom stereocenters. The molecular weight excluding hydrogens is 140 g/mol. The van der Waals surface area contributed by atoms with E-state index in [2.05, 4.69) is 13.0 Å². The Bertz CT molecular complexity index is 171. The van der Waals surface area contributed by atoms with Crippen molar-refractivity contribution in [3.8, 4) is 0 Å². The Labute approximate surface area is 58.1 Å². The first kappa shape index (κ1) is 6.12. The molecule has 0 fully saturated rings. The average molecular weight is 147 g/mol. The molecule has 1 heterocycles. The lowest BCUT2D eigenvalue weighted by molar-refractivity contribution is 1.51. The lowest BCUT2D eigenvalue weighted by Crippen LogP contribution is -1.56. The number of hydrogen-bond donors (Lipinski definition) is 0. The summed E-state index contributed by atoms with van der Waals surface area (Å²) in [6, 6.07) is 2.09. The van der Waals surface area contributed by atoms with E-state index in [9.17, 15) is 0 Å². The van der Waals surface area contributed by atoms with Gasteiger partial charge >= 0.3 is 0 Å². The van der Waals surface area contributed by atoms with E-state index in [1.165, 1.54) is 10.4 Å². The number of hydrogen-bond acceptors (Lipinski definition) is 1. The predicted molar refractivity (Wildman–Crippen MR) is 38.8 cm³/mol. The summed E-state index contributed by atoms with van der Waals surface area (Å²) < 4.78 is 0.919. The van der Waals surface area contributed by atoms with Crippen LogP contribution in [0.2, 0.25) is 4.34 Å². The maximum atomic E-state index is 5.75. The minimum Gasteiger partial charge on any atom is -0.128 e. The molecular formula is C6H7ClS. The van der Waals surface area contributed by atoms with Crippen LogP contribution in [-0.4, -0.2) is 0 Å². The zero-order chi connectivity index (χ0) is 6.15. The van der Waals surface area contributed by atoms with E-state index in [1.54, 1.807) is 11.3 Å². The second-order valence-corrected chi connectivity index (χ2v) is 3.67. The van der Waals surface area contributed by atoms with Crippen molar-refractivity contribution < 1.29 is 0 Å². The van der Waals surface area contributed by atoms with Gasteiger partial charge in [-0.15, -0.1) is 11.3 Å². The van der Waals surface area contributed by atoms with Crippen molar-refractivity contribution in [2.75, 3.05) is 0 Å². The number of aryl methyl sites for hydroxylation is 2. The van der Waals surface area contributed by atoms with E-state index in [4.69, 9.17) is 11.6 Å². The average Bonchev–Trinajstić information content (AvgIpc) is 1.85. The molecule has 8 heavy (non-hydrogen) atoms. The van der Waals surface area contributed by atoms with E-state index in [0.29, 0.717) is 0 Å². The van der Waals surface area contributed by atoms with Gasteiger partial charge in [0.05, 0.1) is 4.34 Å². The summed E-state index contributed by atoms with van der Waals surface area (Å²) in [4.78, 5) is 1.28. The van der Waals surface area contributed by atoms with Gasteiger partial charge in [0.1, 0.15) is 0 Å². The standard InChI is InChI=1S/C6H7ClS/c1-4-3-5(2)8-6(4)7/h3H,1-2H3. The first-order chi connectivity index (χ1) is 3.70. The van der Waals surface area contributed by atoms with Crippen LogP contribution in [-0.2, 0) is 0 Å². The Morgan fingerprint density at radius 2 is 2.12 bits per heavy atom. The molecule has 0 aliphatic rings. The molecule has 0 spiro atoms. The third-order valence-corrected chi connectivity index (χ3v) is 2.45. The zero-order valence-corrected chi connectivity index (χ0v) is 6.44. The molecule has 0 atom stereocenters. The van der Waals surface area contributed by atoms with Crippen molar-refractivity contribution in [3.63, 3.8) is 0 Å². The first-order valence-electron chi connectivity index (χ1n) is 2.42. The summed E-state index contributed by atoms with van der Waals surface area (Å²) in [5.74, 6) is 0. The molecule has 1 aromatic rings. The third kappa shape index (κ3) is 1.04. The van der Waals surface area contributed by atoms with Crippen molar-refractivity contribution in [1.82, 2.24) is 0 Å². The normalized spacial score (nSPS) is 9.88. The molecule has 0 aromatic carbocycles. The summed E-state index contributed by atoms with van der Waals surface area (Å²) >= 11 is 7.38. The Hall–Kier alpha value is -0.0100. The second-order valence-electron chi connectivity index (χ2n) is 1.81. The number of halogens is 1. The molecule has 0 N–H and O–H groups in total.